The van der Waals surface area contributed by atoms with Crippen LogP contribution in [0.4, 0.5) is 5.13 Å². The second-order valence-electron chi connectivity index (χ2n) is 13.4. The van der Waals surface area contributed by atoms with E-state index in [9.17, 15) is 27.9 Å². The summed E-state index contributed by atoms with van der Waals surface area (Å²) in [5.74, 6) is -1.60. The minimum absolute atomic E-state index is 0.0645. The first kappa shape index (κ1) is 35.5. The second kappa shape index (κ2) is 13.1. The molecule has 1 aromatic heterocycles. The molecule has 8 N–H and O–H groups in total. The summed E-state index contributed by atoms with van der Waals surface area (Å²) in [6, 6.07) is 4.24. The quantitative estimate of drug-likeness (QED) is 0.0593. The number of fused-ring (bicyclic) bond motifs is 3. The third-order valence-electron chi connectivity index (χ3n) is 9.74. The lowest BCUT2D eigenvalue weighted by atomic mass is 9.84. The number of ether oxygens (including phenoxy) is 1. The molecule has 20 heteroatoms. The molecule has 50 heavy (non-hydrogen) atoms. The van der Waals surface area contributed by atoms with Crippen molar-refractivity contribution < 1.29 is 46.3 Å². The summed E-state index contributed by atoms with van der Waals surface area (Å²) in [4.78, 5) is 53.4. The lowest BCUT2D eigenvalue weighted by Gasteiger charge is -2.50. The zero-order valence-electron chi connectivity index (χ0n) is 27.4. The molecule has 2 amide bonds. The Morgan fingerprint density at radius 3 is 2.54 bits per heavy atom. The third kappa shape index (κ3) is 6.72. The summed E-state index contributed by atoms with van der Waals surface area (Å²) in [6.45, 7) is 5.87. The summed E-state index contributed by atoms with van der Waals surface area (Å²) in [7, 11) is -5.03. The van der Waals surface area contributed by atoms with Gasteiger partial charge >= 0.3 is 16.4 Å². The van der Waals surface area contributed by atoms with Gasteiger partial charge in [-0.2, -0.15) is 13.5 Å². The highest BCUT2D eigenvalue weighted by Gasteiger charge is 2.58. The number of aliphatic carboxylic acids is 1. The van der Waals surface area contributed by atoms with E-state index in [4.69, 9.17) is 30.6 Å². The van der Waals surface area contributed by atoms with E-state index in [0.29, 0.717) is 34.9 Å². The molecule has 0 unspecified atom stereocenters. The Bertz CT molecular complexity index is 1870. The number of carboxylic acid groups (broad SMARTS) is 1. The number of β-lactam (4-membered cyclic amide) rings is 1. The van der Waals surface area contributed by atoms with Crippen LogP contribution in [-0.2, 0) is 40.3 Å². The van der Waals surface area contributed by atoms with Gasteiger partial charge in [-0.1, -0.05) is 5.16 Å². The van der Waals surface area contributed by atoms with Gasteiger partial charge in [-0.3, -0.25) is 19.1 Å². The van der Waals surface area contributed by atoms with Gasteiger partial charge in [0.2, 0.25) is 0 Å². The van der Waals surface area contributed by atoms with Gasteiger partial charge in [-0.25, -0.2) is 9.78 Å². The fourth-order valence-corrected chi connectivity index (χ4v) is 7.83. The van der Waals surface area contributed by atoms with Crippen LogP contribution in [-0.4, -0.2) is 99.9 Å². The van der Waals surface area contributed by atoms with Crippen molar-refractivity contribution in [1.29, 1.82) is 0 Å². The number of oxime groups is 1. The number of amides is 2. The predicted octanol–water partition coefficient (Wildman–Crippen LogP) is 0.226. The van der Waals surface area contributed by atoms with Crippen LogP contribution >= 0.6 is 11.3 Å². The minimum Gasteiger partial charge on any atom is -0.485 e. The molecule has 1 aliphatic carbocycles. The number of nitrogens with one attached hydrogen (secondary N) is 2. The van der Waals surface area contributed by atoms with Gasteiger partial charge in [0.1, 0.15) is 23.3 Å². The van der Waals surface area contributed by atoms with Gasteiger partial charge in [0.15, 0.2) is 16.9 Å². The van der Waals surface area contributed by atoms with Crippen LogP contribution in [0.5, 0.6) is 5.75 Å². The lowest BCUT2D eigenvalue weighted by Crippen LogP contribution is -2.76. The number of anilines is 1. The molecule has 5 atom stereocenters. The van der Waals surface area contributed by atoms with Gasteiger partial charge in [-0.15, -0.1) is 15.6 Å². The Morgan fingerprint density at radius 1 is 1.24 bits per heavy atom. The van der Waals surface area contributed by atoms with Crippen LogP contribution < -0.4 is 26.8 Å². The maximum absolute atomic E-state index is 13.5. The van der Waals surface area contributed by atoms with Crippen molar-refractivity contribution in [1.82, 2.24) is 20.7 Å². The normalized spacial score (nSPS) is 27.4. The van der Waals surface area contributed by atoms with Crippen LogP contribution in [0.25, 0.3) is 0 Å². The number of hydrogen-bond acceptors (Lipinski definition) is 14. The first-order valence-corrected chi connectivity index (χ1v) is 18.1. The van der Waals surface area contributed by atoms with Crippen molar-refractivity contribution >= 4 is 56.2 Å². The number of carbonyl (C=O) groups excluding carboxylic acids is 2. The van der Waals surface area contributed by atoms with Crippen molar-refractivity contribution in [3.05, 3.63) is 40.4 Å². The number of thiazole rings is 1. The first-order valence-electron chi connectivity index (χ1n) is 15.8. The van der Waals surface area contributed by atoms with E-state index in [0.717, 1.165) is 48.4 Å². The van der Waals surface area contributed by atoms with E-state index in [1.54, 1.807) is 12.1 Å². The van der Waals surface area contributed by atoms with Crippen LogP contribution in [0.15, 0.2) is 33.7 Å². The van der Waals surface area contributed by atoms with Crippen LogP contribution in [0.3, 0.4) is 0 Å². The van der Waals surface area contributed by atoms with E-state index in [1.165, 1.54) is 26.2 Å². The molecule has 1 aromatic carbocycles. The average Bonchev–Trinajstić information content (AvgIpc) is 3.57. The molecular weight excluding hydrogens is 697 g/mol. The number of benzene rings is 1. The lowest BCUT2D eigenvalue weighted by molar-refractivity contribution is -0.218. The Kier molecular flexibility index (Phi) is 9.27. The maximum atomic E-state index is 13.5. The number of carboxylic acids is 1. The highest BCUT2D eigenvalue weighted by molar-refractivity contribution is 7.80. The smallest absolute Gasteiger partial charge is 0.418 e. The number of rotatable bonds is 11. The Labute approximate surface area is 291 Å². The average molecular weight is 735 g/mol. The van der Waals surface area contributed by atoms with E-state index < -0.39 is 57.2 Å². The van der Waals surface area contributed by atoms with Crippen molar-refractivity contribution in [3.63, 3.8) is 0 Å². The number of nitrogens with two attached hydrogens (primary N) is 2. The van der Waals surface area contributed by atoms with Crippen LogP contribution in [0, 0.1) is 11.8 Å². The number of nitrogen functional groups attached to an aromatic ring is 1. The highest BCUT2D eigenvalue weighted by Crippen LogP contribution is 2.38. The molecule has 2 aromatic rings. The van der Waals surface area contributed by atoms with Gasteiger partial charge in [-0.05, 0) is 82.1 Å². The number of nitrogens with zero attached hydrogens (tertiary/aromatic N) is 4. The maximum Gasteiger partial charge on any atom is 0.418 e. The molecule has 2 saturated heterocycles. The summed E-state index contributed by atoms with van der Waals surface area (Å²) in [6.07, 6.45) is 1.84. The van der Waals surface area contributed by atoms with Crippen molar-refractivity contribution in [2.24, 2.45) is 27.7 Å². The first-order chi connectivity index (χ1) is 23.5. The van der Waals surface area contributed by atoms with Gasteiger partial charge < -0.3 is 36.8 Å². The Hall–Kier alpha value is -4.37. The topological polar surface area (TPSA) is 270 Å². The Balaban J connectivity index is 1.20. The summed E-state index contributed by atoms with van der Waals surface area (Å²) < 4.78 is 41.8. The number of carbonyl (C=O) groups is 3. The molecule has 3 aliphatic heterocycles. The molecule has 3 fully saturated rings. The molecule has 4 heterocycles. The zero-order chi connectivity index (χ0) is 36.2. The zero-order valence-corrected chi connectivity index (χ0v) is 29.0. The summed E-state index contributed by atoms with van der Waals surface area (Å²) in [5.41, 5.74) is 9.67. The monoisotopic (exact) mass is 734 g/mol. The molecule has 0 radical (unpaired) electrons. The molecule has 4 aliphatic rings. The van der Waals surface area contributed by atoms with E-state index in [-0.39, 0.29) is 23.3 Å². The predicted molar refractivity (Wildman–Crippen MR) is 178 cm³/mol. The third-order valence-corrected chi connectivity index (χ3v) is 10.8. The van der Waals surface area contributed by atoms with Crippen molar-refractivity contribution in [3.8, 4) is 5.75 Å². The number of hydroxylamine groups is 2. The summed E-state index contributed by atoms with van der Waals surface area (Å²) >= 11 is 0.971. The molecule has 270 valence electrons. The van der Waals surface area contributed by atoms with Crippen molar-refractivity contribution in [2.75, 3.05) is 18.8 Å². The van der Waals surface area contributed by atoms with Crippen LogP contribution in [0.1, 0.15) is 56.9 Å². The number of hydrogen-bond donors (Lipinski definition) is 6. The fourth-order valence-electron chi connectivity index (χ4n) is 6.83. The van der Waals surface area contributed by atoms with Gasteiger partial charge in [0.25, 0.3) is 17.4 Å². The molecule has 18 nitrogen and oxygen atoms in total. The number of aliphatic imine (C=N–C) groups is 1. The number of amidine groups is 1. The molecule has 1 saturated carbocycles. The second-order valence-corrected chi connectivity index (χ2v) is 15.3. The van der Waals surface area contributed by atoms with Gasteiger partial charge in [0.05, 0.1) is 11.6 Å². The largest absolute Gasteiger partial charge is 0.485 e. The van der Waals surface area contributed by atoms with E-state index in [2.05, 4.69) is 25.1 Å². The molecule has 6 rings (SSSR count). The van der Waals surface area contributed by atoms with E-state index >= 15 is 0 Å². The Morgan fingerprint density at radius 2 is 1.94 bits per heavy atom. The highest BCUT2D eigenvalue weighted by atomic mass is 32.3. The fraction of sp³-hybridized carbons (Fsp3) is 0.533. The van der Waals surface area contributed by atoms with Gasteiger partial charge in [0, 0.05) is 24.0 Å². The van der Waals surface area contributed by atoms with Crippen LogP contribution in [0.2, 0.25) is 0 Å². The minimum atomic E-state index is -5.03. The standard InChI is InChI=1S/C30H38N8O10S2/c1-29(2)23(26(40)38(29)48-50(43,44)45)36-25(39)22(18-13-49-28(32)34-18)37-47-30(3,27(41)42)20-9-7-14-10-15(6-8-19(14)46-20)24(31)35-21-16-4-5-17(21)12-33-11-16/h6,8,10,13,16-17,20-21,23,33H,4-5,7,9,11-12H2,1-3H3,(H2,31,35)(H2,32,34)(H,36,39)(H,41,42)(H,43,44,45)/b37-22-/t16-,17-,20-,23-,30+/m1/s1. The number of aryl methyl sites for hydroxylation is 1. The molecule has 0 spiro atoms. The molecule has 2 bridgehead atoms. The van der Waals surface area contributed by atoms with Crippen molar-refractivity contribution in [2.45, 2.75) is 75.8 Å². The SMILES string of the molecule is CC1(C)[C@H](NC(=O)/C(=N\O[C@](C)(C(=O)O)[C@H]2CCc3cc(C(N)=NC4[C@@H]5CC[C@@H]4CNC5)ccc3O2)c2csc(N)n2)C(=O)N1OS(=O)(=O)O. The number of piperidine rings is 1. The van der Waals surface area contributed by atoms with E-state index in [1.807, 2.05) is 6.07 Å². The molecular formula is C30H38N8O10S2. The summed E-state index contributed by atoms with van der Waals surface area (Å²) in [5, 5.41) is 21.9. The number of aromatic nitrogens is 1.